The van der Waals surface area contributed by atoms with Crippen LogP contribution in [0.2, 0.25) is 0 Å². The molecule has 0 aliphatic carbocycles. The Bertz CT molecular complexity index is 471. The number of hydrogen-bond acceptors (Lipinski definition) is 3. The van der Waals surface area contributed by atoms with E-state index in [1.807, 2.05) is 26.0 Å². The average molecular weight is 277 g/mol. The first kappa shape index (κ1) is 14.3. The monoisotopic (exact) mass is 276 g/mol. The summed E-state index contributed by atoms with van der Waals surface area (Å²) >= 11 is 5.77. The van der Waals surface area contributed by atoms with Crippen LogP contribution in [0.4, 0.5) is 0 Å². The fraction of sp³-hybridized carbons (Fsp3) is 0.500. The van der Waals surface area contributed by atoms with Gasteiger partial charge in [0.15, 0.2) is 9.84 Å². The Hall–Kier alpha value is -0.740. The molecular formula is C12H17ClO3S. The predicted octanol–water partition coefficient (Wildman–Crippen LogP) is 2.47. The number of rotatable bonds is 5. The van der Waals surface area contributed by atoms with Crippen LogP contribution in [0.5, 0.6) is 5.75 Å². The fourth-order valence-electron chi connectivity index (χ4n) is 1.64. The zero-order valence-electron chi connectivity index (χ0n) is 10.3. The van der Waals surface area contributed by atoms with Crippen LogP contribution in [0.15, 0.2) is 12.1 Å². The molecule has 0 aliphatic heterocycles. The van der Waals surface area contributed by atoms with Gasteiger partial charge < -0.3 is 4.74 Å². The highest BCUT2D eigenvalue weighted by Gasteiger charge is 2.08. The van der Waals surface area contributed by atoms with Crippen LogP contribution < -0.4 is 4.74 Å². The lowest BCUT2D eigenvalue weighted by Crippen LogP contribution is -2.13. The summed E-state index contributed by atoms with van der Waals surface area (Å²) in [5, 5.41) is 0. The van der Waals surface area contributed by atoms with Gasteiger partial charge in [-0.05, 0) is 30.5 Å². The van der Waals surface area contributed by atoms with Gasteiger partial charge in [0, 0.05) is 12.1 Å². The Balaban J connectivity index is 2.78. The fourth-order valence-corrected chi connectivity index (χ4v) is 2.18. The molecule has 0 aliphatic rings. The maximum Gasteiger partial charge on any atom is 0.150 e. The van der Waals surface area contributed by atoms with Crippen LogP contribution in [0, 0.1) is 13.8 Å². The minimum Gasteiger partial charge on any atom is -0.492 e. The van der Waals surface area contributed by atoms with Crippen LogP contribution in [-0.4, -0.2) is 27.0 Å². The minimum atomic E-state index is -2.98. The third-order valence-electron chi connectivity index (χ3n) is 2.37. The molecule has 0 radical (unpaired) electrons. The van der Waals surface area contributed by atoms with E-state index in [0.717, 1.165) is 22.4 Å². The van der Waals surface area contributed by atoms with Crippen LogP contribution in [0.1, 0.15) is 16.7 Å². The van der Waals surface area contributed by atoms with Gasteiger partial charge in [-0.1, -0.05) is 12.1 Å². The van der Waals surface area contributed by atoms with Gasteiger partial charge in [-0.3, -0.25) is 0 Å². The number of benzene rings is 1. The van der Waals surface area contributed by atoms with Crippen LogP contribution in [0.25, 0.3) is 0 Å². The molecule has 1 rings (SSSR count). The maximum atomic E-state index is 11.0. The summed E-state index contributed by atoms with van der Waals surface area (Å²) in [6, 6.07) is 3.91. The zero-order chi connectivity index (χ0) is 13.1. The first-order valence-corrected chi connectivity index (χ1v) is 7.89. The van der Waals surface area contributed by atoms with Crippen molar-refractivity contribution >= 4 is 21.4 Å². The molecule has 17 heavy (non-hydrogen) atoms. The van der Waals surface area contributed by atoms with Crippen molar-refractivity contribution in [3.05, 3.63) is 28.8 Å². The standard InChI is InChI=1S/C12H17ClO3S/c1-9-6-11(8-13)7-10(2)12(9)16-4-5-17(3,14)15/h6-7H,4-5,8H2,1-3H3. The summed E-state index contributed by atoms with van der Waals surface area (Å²) in [6.45, 7) is 4.04. The van der Waals surface area contributed by atoms with Crippen LogP contribution in [-0.2, 0) is 15.7 Å². The predicted molar refractivity (Wildman–Crippen MR) is 70.7 cm³/mol. The van der Waals surface area contributed by atoms with Crippen LogP contribution >= 0.6 is 11.6 Å². The lowest BCUT2D eigenvalue weighted by Gasteiger charge is -2.13. The molecule has 0 heterocycles. The number of aryl methyl sites for hydroxylation is 2. The second-order valence-electron chi connectivity index (χ2n) is 4.17. The van der Waals surface area contributed by atoms with E-state index in [0.29, 0.717) is 5.88 Å². The number of halogens is 1. The highest BCUT2D eigenvalue weighted by Crippen LogP contribution is 2.25. The Morgan fingerprint density at radius 3 is 2.18 bits per heavy atom. The summed E-state index contributed by atoms with van der Waals surface area (Å²) in [5.74, 6) is 1.25. The molecule has 0 unspecified atom stereocenters. The Labute approximate surface area is 108 Å². The van der Waals surface area contributed by atoms with Crippen molar-refractivity contribution in [3.8, 4) is 5.75 Å². The lowest BCUT2D eigenvalue weighted by molar-refractivity contribution is 0.336. The van der Waals surface area contributed by atoms with Crippen molar-refractivity contribution in [2.24, 2.45) is 0 Å². The van der Waals surface area contributed by atoms with E-state index >= 15 is 0 Å². The molecule has 1 aromatic carbocycles. The van der Waals surface area contributed by atoms with E-state index in [4.69, 9.17) is 16.3 Å². The van der Waals surface area contributed by atoms with E-state index < -0.39 is 9.84 Å². The van der Waals surface area contributed by atoms with Crippen molar-refractivity contribution in [3.63, 3.8) is 0 Å². The minimum absolute atomic E-state index is 0.0309. The van der Waals surface area contributed by atoms with Crippen LogP contribution in [0.3, 0.4) is 0 Å². The molecule has 96 valence electrons. The van der Waals surface area contributed by atoms with Crippen molar-refractivity contribution in [2.75, 3.05) is 18.6 Å². The van der Waals surface area contributed by atoms with Gasteiger partial charge >= 0.3 is 0 Å². The third kappa shape index (κ3) is 4.56. The van der Waals surface area contributed by atoms with Crippen molar-refractivity contribution in [2.45, 2.75) is 19.7 Å². The van der Waals surface area contributed by atoms with Gasteiger partial charge in [-0.15, -0.1) is 11.6 Å². The van der Waals surface area contributed by atoms with E-state index in [1.165, 1.54) is 6.26 Å². The first-order chi connectivity index (χ1) is 7.83. The largest absolute Gasteiger partial charge is 0.492 e. The van der Waals surface area contributed by atoms with Gasteiger partial charge in [-0.2, -0.15) is 0 Å². The van der Waals surface area contributed by atoms with Gasteiger partial charge in [0.25, 0.3) is 0 Å². The molecule has 1 aromatic rings. The van der Waals surface area contributed by atoms with Gasteiger partial charge in [0.05, 0.1) is 5.75 Å². The molecule has 0 saturated carbocycles. The molecule has 0 fully saturated rings. The number of sulfone groups is 1. The van der Waals surface area contributed by atoms with E-state index in [2.05, 4.69) is 0 Å². The maximum absolute atomic E-state index is 11.0. The molecule has 0 atom stereocenters. The lowest BCUT2D eigenvalue weighted by atomic mass is 10.1. The molecule has 0 saturated heterocycles. The number of hydrogen-bond donors (Lipinski definition) is 0. The quantitative estimate of drug-likeness (QED) is 0.776. The molecule has 0 spiro atoms. The summed E-state index contributed by atoms with van der Waals surface area (Å²) in [7, 11) is -2.98. The van der Waals surface area contributed by atoms with Crippen molar-refractivity contribution < 1.29 is 13.2 Å². The smallest absolute Gasteiger partial charge is 0.150 e. The number of ether oxygens (including phenoxy) is 1. The second kappa shape index (κ2) is 5.74. The Kier molecular flexibility index (Phi) is 4.83. The third-order valence-corrected chi connectivity index (χ3v) is 3.59. The van der Waals surface area contributed by atoms with Gasteiger partial charge in [0.2, 0.25) is 0 Å². The summed E-state index contributed by atoms with van der Waals surface area (Å²) in [6.07, 6.45) is 1.20. The molecule has 0 amide bonds. The van der Waals surface area contributed by atoms with E-state index in [-0.39, 0.29) is 12.4 Å². The normalized spacial score (nSPS) is 11.5. The Morgan fingerprint density at radius 1 is 1.24 bits per heavy atom. The summed E-state index contributed by atoms with van der Waals surface area (Å²) in [5.41, 5.74) is 3.00. The zero-order valence-corrected chi connectivity index (χ0v) is 11.9. The van der Waals surface area contributed by atoms with Gasteiger partial charge in [-0.25, -0.2) is 8.42 Å². The highest BCUT2D eigenvalue weighted by atomic mass is 35.5. The topological polar surface area (TPSA) is 43.4 Å². The summed E-state index contributed by atoms with van der Waals surface area (Å²) in [4.78, 5) is 0. The second-order valence-corrected chi connectivity index (χ2v) is 6.70. The van der Waals surface area contributed by atoms with Gasteiger partial charge in [0.1, 0.15) is 12.4 Å². The van der Waals surface area contributed by atoms with E-state index in [9.17, 15) is 8.42 Å². The molecule has 3 nitrogen and oxygen atoms in total. The molecule has 5 heteroatoms. The molecule has 0 bridgehead atoms. The van der Waals surface area contributed by atoms with E-state index in [1.54, 1.807) is 0 Å². The number of alkyl halides is 1. The highest BCUT2D eigenvalue weighted by molar-refractivity contribution is 7.90. The molecule has 0 aromatic heterocycles. The average Bonchev–Trinajstić information content (AvgIpc) is 2.20. The molecule has 0 N–H and O–H groups in total. The summed E-state index contributed by atoms with van der Waals surface area (Å²) < 4.78 is 27.5. The Morgan fingerprint density at radius 2 is 1.76 bits per heavy atom. The molecular weight excluding hydrogens is 260 g/mol. The SMILES string of the molecule is Cc1cc(CCl)cc(C)c1OCCS(C)(=O)=O. The first-order valence-electron chi connectivity index (χ1n) is 5.30. The van der Waals surface area contributed by atoms with Crippen molar-refractivity contribution in [1.29, 1.82) is 0 Å². The van der Waals surface area contributed by atoms with Crippen molar-refractivity contribution in [1.82, 2.24) is 0 Å².